The topological polar surface area (TPSA) is 83.3 Å². The van der Waals surface area contributed by atoms with E-state index in [2.05, 4.69) is 20.3 Å². The number of H-pyrrole nitrogens is 1. The molecule has 0 atom stereocenters. The number of amides is 1. The molecular weight excluding hydrogens is 416 g/mol. The Bertz CT molecular complexity index is 1270. The van der Waals surface area contributed by atoms with Crippen LogP contribution in [-0.2, 0) is 4.79 Å². The molecular formula is C22H16N4O2S2. The molecule has 30 heavy (non-hydrogen) atoms. The van der Waals surface area contributed by atoms with Gasteiger partial charge in [0.2, 0.25) is 0 Å². The number of aryl methyl sites for hydroxylation is 1. The van der Waals surface area contributed by atoms with Gasteiger partial charge >= 0.3 is 0 Å². The van der Waals surface area contributed by atoms with Gasteiger partial charge in [0.05, 0.1) is 21.6 Å². The minimum Gasteiger partial charge on any atom is -0.450 e. The van der Waals surface area contributed by atoms with E-state index in [1.54, 1.807) is 6.08 Å². The number of furan rings is 1. The molecule has 0 bridgehead atoms. The zero-order valence-corrected chi connectivity index (χ0v) is 17.5. The third-order valence-electron chi connectivity index (χ3n) is 4.36. The van der Waals surface area contributed by atoms with Crippen molar-refractivity contribution >= 4 is 57.4 Å². The van der Waals surface area contributed by atoms with Crippen LogP contribution in [0.4, 0.5) is 5.69 Å². The van der Waals surface area contributed by atoms with Crippen LogP contribution in [-0.4, -0.2) is 21.0 Å². The second-order valence-electron chi connectivity index (χ2n) is 6.64. The predicted molar refractivity (Wildman–Crippen MR) is 121 cm³/mol. The van der Waals surface area contributed by atoms with Gasteiger partial charge in [0, 0.05) is 6.08 Å². The first-order valence-electron chi connectivity index (χ1n) is 9.21. The van der Waals surface area contributed by atoms with Gasteiger partial charge in [0.25, 0.3) is 5.91 Å². The summed E-state index contributed by atoms with van der Waals surface area (Å²) in [7, 11) is 0. The fourth-order valence-electron chi connectivity index (χ4n) is 2.89. The second-order valence-corrected chi connectivity index (χ2v) is 8.66. The van der Waals surface area contributed by atoms with E-state index in [0.29, 0.717) is 20.9 Å². The SMILES string of the molecule is Cc1ccc(N=C2NC(=O)/C(=C\c3ccc(Sc4nc5ccccc5[nH]4)o3)S2)cc1. The number of thioether (sulfide) groups is 1. The van der Waals surface area contributed by atoms with Crippen molar-refractivity contribution in [2.24, 2.45) is 4.99 Å². The zero-order chi connectivity index (χ0) is 20.5. The molecule has 3 heterocycles. The van der Waals surface area contributed by atoms with E-state index in [4.69, 9.17) is 4.42 Å². The number of aliphatic imine (C=N–C) groups is 1. The fourth-order valence-corrected chi connectivity index (χ4v) is 4.48. The van der Waals surface area contributed by atoms with Crippen LogP contribution in [0.3, 0.4) is 0 Å². The lowest BCUT2D eigenvalue weighted by atomic mass is 10.2. The van der Waals surface area contributed by atoms with Gasteiger partial charge in [-0.2, -0.15) is 0 Å². The molecule has 1 fully saturated rings. The van der Waals surface area contributed by atoms with Gasteiger partial charge in [0.1, 0.15) is 5.76 Å². The lowest BCUT2D eigenvalue weighted by Crippen LogP contribution is -2.19. The van der Waals surface area contributed by atoms with E-state index in [1.807, 2.05) is 67.6 Å². The predicted octanol–water partition coefficient (Wildman–Crippen LogP) is 5.51. The Morgan fingerprint density at radius 3 is 2.77 bits per heavy atom. The summed E-state index contributed by atoms with van der Waals surface area (Å²) in [5, 5.41) is 4.79. The molecule has 0 aliphatic carbocycles. The summed E-state index contributed by atoms with van der Waals surface area (Å²) in [4.78, 5) is 25.1. The molecule has 4 aromatic rings. The van der Waals surface area contributed by atoms with Crippen LogP contribution in [0.1, 0.15) is 11.3 Å². The lowest BCUT2D eigenvalue weighted by molar-refractivity contribution is -0.115. The highest BCUT2D eigenvalue weighted by Gasteiger charge is 2.24. The maximum Gasteiger partial charge on any atom is 0.264 e. The normalized spacial score (nSPS) is 16.6. The molecule has 0 radical (unpaired) electrons. The molecule has 5 rings (SSSR count). The van der Waals surface area contributed by atoms with E-state index in [9.17, 15) is 4.79 Å². The number of amidine groups is 1. The van der Waals surface area contributed by atoms with Gasteiger partial charge in [-0.05, 0) is 66.8 Å². The Morgan fingerprint density at radius 2 is 1.93 bits per heavy atom. The number of rotatable bonds is 4. The molecule has 148 valence electrons. The number of benzene rings is 2. The molecule has 1 amide bonds. The van der Waals surface area contributed by atoms with Crippen molar-refractivity contribution in [2.45, 2.75) is 17.2 Å². The zero-order valence-electron chi connectivity index (χ0n) is 15.9. The first kappa shape index (κ1) is 18.8. The lowest BCUT2D eigenvalue weighted by Gasteiger charge is -1.96. The highest BCUT2D eigenvalue weighted by molar-refractivity contribution is 8.18. The first-order valence-corrected chi connectivity index (χ1v) is 10.8. The number of aromatic amines is 1. The van der Waals surface area contributed by atoms with E-state index in [1.165, 1.54) is 23.5 Å². The number of fused-ring (bicyclic) bond motifs is 1. The van der Waals surface area contributed by atoms with E-state index in [-0.39, 0.29) is 5.91 Å². The highest BCUT2D eigenvalue weighted by Crippen LogP contribution is 2.32. The van der Waals surface area contributed by atoms with E-state index >= 15 is 0 Å². The Kier molecular flexibility index (Phi) is 4.94. The maximum absolute atomic E-state index is 12.3. The summed E-state index contributed by atoms with van der Waals surface area (Å²) in [5.74, 6) is 0.414. The van der Waals surface area contributed by atoms with Crippen molar-refractivity contribution in [3.63, 3.8) is 0 Å². The van der Waals surface area contributed by atoms with Crippen molar-refractivity contribution in [3.05, 3.63) is 76.9 Å². The molecule has 0 unspecified atom stereocenters. The Balaban J connectivity index is 1.31. The van der Waals surface area contributed by atoms with Gasteiger partial charge in [-0.25, -0.2) is 9.98 Å². The van der Waals surface area contributed by atoms with Crippen LogP contribution in [0.25, 0.3) is 17.1 Å². The standard InChI is InChI=1S/C22H16N4O2S2/c1-13-6-8-14(9-7-13)23-21-26-20(27)18(29-21)12-15-10-11-19(28-15)30-22-24-16-4-2-3-5-17(16)25-22/h2-12H,1H3,(H,24,25)(H,23,26,27)/b18-12+. The number of carbonyl (C=O) groups excluding carboxylic acids is 1. The number of para-hydroxylation sites is 2. The van der Waals surface area contributed by atoms with Gasteiger partial charge in [-0.15, -0.1) is 0 Å². The fraction of sp³-hybridized carbons (Fsp3) is 0.0455. The maximum atomic E-state index is 12.3. The molecule has 1 aliphatic heterocycles. The molecule has 1 saturated heterocycles. The number of carbonyl (C=O) groups is 1. The molecule has 2 N–H and O–H groups in total. The average Bonchev–Trinajstić information content (AvgIpc) is 3.43. The van der Waals surface area contributed by atoms with Crippen molar-refractivity contribution in [3.8, 4) is 0 Å². The minimum absolute atomic E-state index is 0.186. The average molecular weight is 433 g/mol. The third-order valence-corrected chi connectivity index (χ3v) is 6.07. The number of nitrogens with zero attached hydrogens (tertiary/aromatic N) is 2. The van der Waals surface area contributed by atoms with E-state index in [0.717, 1.165) is 27.4 Å². The minimum atomic E-state index is -0.186. The summed E-state index contributed by atoms with van der Waals surface area (Å²) in [6.45, 7) is 2.02. The van der Waals surface area contributed by atoms with Gasteiger partial charge in [0.15, 0.2) is 15.4 Å². The molecule has 2 aromatic carbocycles. The number of nitrogens with one attached hydrogen (secondary N) is 2. The Morgan fingerprint density at radius 1 is 1.10 bits per heavy atom. The summed E-state index contributed by atoms with van der Waals surface area (Å²) >= 11 is 2.70. The number of hydrogen-bond acceptors (Lipinski definition) is 6. The van der Waals surface area contributed by atoms with Crippen LogP contribution in [0, 0.1) is 6.92 Å². The second kappa shape index (κ2) is 7.89. The third kappa shape index (κ3) is 4.05. The Labute approximate surface area is 180 Å². The summed E-state index contributed by atoms with van der Waals surface area (Å²) < 4.78 is 5.85. The molecule has 0 saturated carbocycles. The van der Waals surface area contributed by atoms with Crippen molar-refractivity contribution in [2.75, 3.05) is 0 Å². The Hall–Kier alpha value is -3.23. The van der Waals surface area contributed by atoms with Crippen LogP contribution in [0.15, 0.2) is 85.2 Å². The van der Waals surface area contributed by atoms with Gasteiger partial charge < -0.3 is 14.7 Å². The van der Waals surface area contributed by atoms with Crippen LogP contribution in [0.2, 0.25) is 0 Å². The van der Waals surface area contributed by atoms with Crippen molar-refractivity contribution in [1.82, 2.24) is 15.3 Å². The molecule has 0 spiro atoms. The number of hydrogen-bond donors (Lipinski definition) is 2. The van der Waals surface area contributed by atoms with Crippen LogP contribution >= 0.6 is 23.5 Å². The van der Waals surface area contributed by atoms with Crippen molar-refractivity contribution in [1.29, 1.82) is 0 Å². The first-order chi connectivity index (χ1) is 14.6. The van der Waals surface area contributed by atoms with Crippen LogP contribution < -0.4 is 5.32 Å². The quantitative estimate of drug-likeness (QED) is 0.416. The number of aromatic nitrogens is 2. The van der Waals surface area contributed by atoms with Crippen molar-refractivity contribution < 1.29 is 9.21 Å². The van der Waals surface area contributed by atoms with E-state index < -0.39 is 0 Å². The largest absolute Gasteiger partial charge is 0.450 e. The summed E-state index contributed by atoms with van der Waals surface area (Å²) in [6, 6.07) is 19.4. The van der Waals surface area contributed by atoms with Crippen LogP contribution in [0.5, 0.6) is 0 Å². The molecule has 8 heteroatoms. The van der Waals surface area contributed by atoms with Gasteiger partial charge in [-0.3, -0.25) is 4.79 Å². The molecule has 1 aliphatic rings. The molecule has 2 aromatic heterocycles. The highest BCUT2D eigenvalue weighted by atomic mass is 32.2. The number of imidazole rings is 1. The molecule has 6 nitrogen and oxygen atoms in total. The van der Waals surface area contributed by atoms with Gasteiger partial charge in [-0.1, -0.05) is 29.8 Å². The smallest absolute Gasteiger partial charge is 0.264 e. The monoisotopic (exact) mass is 432 g/mol. The summed E-state index contributed by atoms with van der Waals surface area (Å²) in [6.07, 6.45) is 1.72. The summed E-state index contributed by atoms with van der Waals surface area (Å²) in [5.41, 5.74) is 3.85.